The minimum absolute atomic E-state index is 0.184. The van der Waals surface area contributed by atoms with Gasteiger partial charge in [0.25, 0.3) is 10.0 Å². The minimum atomic E-state index is -3.55. The Morgan fingerprint density at radius 1 is 1.40 bits per heavy atom. The number of aromatic nitrogens is 3. The molecule has 0 aliphatic heterocycles. The lowest BCUT2D eigenvalue weighted by Crippen LogP contribution is -2.26. The van der Waals surface area contributed by atoms with Gasteiger partial charge in [0.15, 0.2) is 5.03 Å². The van der Waals surface area contributed by atoms with Gasteiger partial charge < -0.3 is 0 Å². The molecular weight excluding hydrogens is 296 g/mol. The molecule has 0 atom stereocenters. The number of hydrogen-bond donors (Lipinski definition) is 1. The smallest absolute Gasteiger partial charge is 0.253 e. The summed E-state index contributed by atoms with van der Waals surface area (Å²) in [6.07, 6.45) is 3.45. The molecule has 6 nitrogen and oxygen atoms in total. The van der Waals surface area contributed by atoms with E-state index in [0.717, 1.165) is 23.5 Å². The van der Waals surface area contributed by atoms with Gasteiger partial charge in [-0.1, -0.05) is 6.92 Å². The Hall–Kier alpha value is -1.25. The molecule has 2 rings (SSSR count). The lowest BCUT2D eigenvalue weighted by molar-refractivity contribution is 0.543. The van der Waals surface area contributed by atoms with Crippen LogP contribution in [0.5, 0.6) is 0 Å². The molecule has 2 aromatic rings. The second kappa shape index (κ2) is 6.47. The van der Waals surface area contributed by atoms with Gasteiger partial charge >= 0.3 is 0 Å². The summed E-state index contributed by atoms with van der Waals surface area (Å²) in [4.78, 5) is 4.40. The van der Waals surface area contributed by atoms with Gasteiger partial charge in [0.05, 0.1) is 23.4 Å². The van der Waals surface area contributed by atoms with Crippen LogP contribution >= 0.6 is 11.3 Å². The maximum absolute atomic E-state index is 12.2. The average molecular weight is 314 g/mol. The van der Waals surface area contributed by atoms with Gasteiger partial charge in [-0.15, -0.1) is 11.3 Å². The highest BCUT2D eigenvalue weighted by Gasteiger charge is 2.18. The van der Waals surface area contributed by atoms with Crippen molar-refractivity contribution in [3.63, 3.8) is 0 Å². The fourth-order valence-electron chi connectivity index (χ4n) is 1.79. The van der Waals surface area contributed by atoms with Gasteiger partial charge in [0, 0.05) is 11.9 Å². The molecule has 8 heteroatoms. The third kappa shape index (κ3) is 3.44. The number of hydrogen-bond acceptors (Lipinski definition) is 5. The third-order valence-corrected chi connectivity index (χ3v) is 5.14. The van der Waals surface area contributed by atoms with Crippen LogP contribution in [-0.2, 0) is 29.5 Å². The molecule has 20 heavy (non-hydrogen) atoms. The van der Waals surface area contributed by atoms with Gasteiger partial charge in [0.1, 0.15) is 0 Å². The Kier molecular flexibility index (Phi) is 4.90. The van der Waals surface area contributed by atoms with E-state index >= 15 is 0 Å². The van der Waals surface area contributed by atoms with Crippen LogP contribution in [0.2, 0.25) is 0 Å². The number of nitrogens with one attached hydrogen (secondary N) is 1. The molecule has 0 saturated carbocycles. The van der Waals surface area contributed by atoms with Crippen molar-refractivity contribution in [3.8, 4) is 0 Å². The number of thiazole rings is 1. The molecule has 0 saturated heterocycles. The highest BCUT2D eigenvalue weighted by molar-refractivity contribution is 7.89. The number of nitrogens with zero attached hydrogens (tertiary/aromatic N) is 3. The van der Waals surface area contributed by atoms with E-state index < -0.39 is 10.0 Å². The molecule has 0 amide bonds. The van der Waals surface area contributed by atoms with Crippen molar-refractivity contribution in [2.24, 2.45) is 0 Å². The summed E-state index contributed by atoms with van der Waals surface area (Å²) in [5.74, 6) is 0. The van der Waals surface area contributed by atoms with Crippen molar-refractivity contribution in [2.75, 3.05) is 0 Å². The Morgan fingerprint density at radius 2 is 2.20 bits per heavy atom. The molecule has 0 spiro atoms. The fourth-order valence-corrected chi connectivity index (χ4v) is 3.87. The van der Waals surface area contributed by atoms with E-state index in [-0.39, 0.29) is 11.6 Å². The lowest BCUT2D eigenvalue weighted by Gasteiger charge is -2.06. The molecule has 2 aromatic heterocycles. The minimum Gasteiger partial charge on any atom is -0.253 e. The molecule has 0 radical (unpaired) electrons. The second-order valence-electron chi connectivity index (χ2n) is 4.29. The summed E-state index contributed by atoms with van der Waals surface area (Å²) < 4.78 is 28.4. The summed E-state index contributed by atoms with van der Waals surface area (Å²) in [5, 5.41) is 7.09. The van der Waals surface area contributed by atoms with Crippen molar-refractivity contribution in [1.82, 2.24) is 19.5 Å². The molecule has 0 aromatic carbocycles. The zero-order valence-corrected chi connectivity index (χ0v) is 13.2. The van der Waals surface area contributed by atoms with Crippen LogP contribution in [-0.4, -0.2) is 23.2 Å². The first kappa shape index (κ1) is 15.1. The summed E-state index contributed by atoms with van der Waals surface area (Å²) in [5.41, 5.74) is 0.754. The highest BCUT2D eigenvalue weighted by atomic mass is 32.2. The third-order valence-electron chi connectivity index (χ3n) is 2.76. The van der Waals surface area contributed by atoms with E-state index in [1.165, 1.54) is 16.9 Å². The lowest BCUT2D eigenvalue weighted by atomic mass is 10.3. The van der Waals surface area contributed by atoms with Gasteiger partial charge in [-0.05, 0) is 25.8 Å². The topological polar surface area (TPSA) is 76.9 Å². The zero-order chi connectivity index (χ0) is 14.6. The molecule has 0 fully saturated rings. The number of sulfonamides is 1. The maximum atomic E-state index is 12.2. The first-order valence-electron chi connectivity index (χ1n) is 6.51. The summed E-state index contributed by atoms with van der Waals surface area (Å²) in [6.45, 7) is 4.66. The van der Waals surface area contributed by atoms with Gasteiger partial charge in [-0.25, -0.2) is 18.1 Å². The van der Waals surface area contributed by atoms with Crippen molar-refractivity contribution in [1.29, 1.82) is 0 Å². The summed E-state index contributed by atoms with van der Waals surface area (Å²) in [7, 11) is -3.55. The Bertz CT molecular complexity index is 661. The molecule has 0 aliphatic carbocycles. The predicted octanol–water partition coefficient (Wildman–Crippen LogP) is 1.79. The van der Waals surface area contributed by atoms with Gasteiger partial charge in [0.2, 0.25) is 0 Å². The zero-order valence-electron chi connectivity index (χ0n) is 11.5. The van der Waals surface area contributed by atoms with Crippen molar-refractivity contribution in [3.05, 3.63) is 28.3 Å². The molecule has 110 valence electrons. The predicted molar refractivity (Wildman–Crippen MR) is 78.0 cm³/mol. The largest absolute Gasteiger partial charge is 0.258 e. The van der Waals surface area contributed by atoms with Crippen molar-refractivity contribution < 1.29 is 8.42 Å². The number of rotatable bonds is 7. The van der Waals surface area contributed by atoms with Crippen LogP contribution in [0.4, 0.5) is 0 Å². The molecule has 0 bridgehead atoms. The van der Waals surface area contributed by atoms with E-state index in [0.29, 0.717) is 6.54 Å². The molecular formula is C12H18N4O2S2. The highest BCUT2D eigenvalue weighted by Crippen LogP contribution is 2.13. The van der Waals surface area contributed by atoms with Gasteiger partial charge in [-0.2, -0.15) is 5.10 Å². The van der Waals surface area contributed by atoms with Crippen molar-refractivity contribution >= 4 is 21.4 Å². The normalized spacial score (nSPS) is 11.9. The average Bonchev–Trinajstić information content (AvgIpc) is 3.05. The first-order valence-corrected chi connectivity index (χ1v) is 8.88. The van der Waals surface area contributed by atoms with E-state index in [9.17, 15) is 8.42 Å². The SMILES string of the molecule is CCCc1nc(CNS(=O)(=O)c2ccnn2CC)cs1. The Morgan fingerprint density at radius 3 is 2.90 bits per heavy atom. The van der Waals surface area contributed by atoms with Crippen LogP contribution in [0.3, 0.4) is 0 Å². The van der Waals surface area contributed by atoms with Crippen LogP contribution < -0.4 is 4.72 Å². The van der Waals surface area contributed by atoms with E-state index in [4.69, 9.17) is 0 Å². The molecule has 0 unspecified atom stereocenters. The first-order chi connectivity index (χ1) is 9.56. The monoisotopic (exact) mass is 314 g/mol. The van der Waals surface area contributed by atoms with Crippen molar-refractivity contribution in [2.45, 2.75) is 44.8 Å². The Labute approximate surface area is 122 Å². The summed E-state index contributed by atoms with van der Waals surface area (Å²) in [6, 6.07) is 1.50. The Balaban J connectivity index is 2.05. The molecule has 0 aliphatic rings. The molecule has 2 heterocycles. The number of aryl methyl sites for hydroxylation is 2. The van der Waals surface area contributed by atoms with Crippen LogP contribution in [0, 0.1) is 0 Å². The van der Waals surface area contributed by atoms with Gasteiger partial charge in [-0.3, -0.25) is 4.68 Å². The summed E-state index contributed by atoms with van der Waals surface area (Å²) >= 11 is 1.57. The second-order valence-corrected chi connectivity index (χ2v) is 6.95. The van der Waals surface area contributed by atoms with E-state index in [2.05, 4.69) is 21.7 Å². The van der Waals surface area contributed by atoms with Crippen LogP contribution in [0.1, 0.15) is 31.0 Å². The van der Waals surface area contributed by atoms with Crippen LogP contribution in [0.15, 0.2) is 22.7 Å². The maximum Gasteiger partial charge on any atom is 0.258 e. The molecule has 1 N–H and O–H groups in total. The fraction of sp³-hybridized carbons (Fsp3) is 0.500. The van der Waals surface area contributed by atoms with E-state index in [1.807, 2.05) is 12.3 Å². The quantitative estimate of drug-likeness (QED) is 0.845. The standard InChI is InChI=1S/C12H18N4O2S2/c1-3-5-11-15-10(9-19-11)8-14-20(17,18)12-6-7-13-16(12)4-2/h6-7,9,14H,3-5,8H2,1-2H3. The van der Waals surface area contributed by atoms with Crippen LogP contribution in [0.25, 0.3) is 0 Å². The van der Waals surface area contributed by atoms with E-state index in [1.54, 1.807) is 11.3 Å².